The number of carbonyl (C=O) groups excluding carboxylic acids is 1. The second kappa shape index (κ2) is 8.90. The molecule has 2 aromatic heterocycles. The number of nitrogens with zero attached hydrogens (tertiary/aromatic N) is 2. The van der Waals surface area contributed by atoms with Gasteiger partial charge in [0.2, 0.25) is 5.88 Å². The first kappa shape index (κ1) is 20.6. The molecule has 0 bridgehead atoms. The van der Waals surface area contributed by atoms with E-state index in [2.05, 4.69) is 21.4 Å². The number of hydrogen-bond acceptors (Lipinski definition) is 3. The average molecular weight is 395 g/mol. The SMILES string of the molecule is C=CCn1c(C)c(C)c2cc(C(=O)NCCC)nc(OCc3ccc(F)cc3)c21. The first-order valence-corrected chi connectivity index (χ1v) is 9.73. The van der Waals surface area contributed by atoms with Crippen LogP contribution in [0.15, 0.2) is 43.0 Å². The van der Waals surface area contributed by atoms with E-state index in [1.165, 1.54) is 12.1 Å². The van der Waals surface area contributed by atoms with E-state index < -0.39 is 0 Å². The number of rotatable bonds is 8. The van der Waals surface area contributed by atoms with Crippen molar-refractivity contribution in [2.75, 3.05) is 6.54 Å². The van der Waals surface area contributed by atoms with Crippen molar-refractivity contribution in [1.29, 1.82) is 0 Å². The van der Waals surface area contributed by atoms with Gasteiger partial charge in [-0.3, -0.25) is 4.79 Å². The Hall–Kier alpha value is -3.15. The molecule has 3 rings (SSSR count). The largest absolute Gasteiger partial charge is 0.471 e. The molecule has 5 nitrogen and oxygen atoms in total. The van der Waals surface area contributed by atoms with Crippen LogP contribution in [0.5, 0.6) is 5.88 Å². The van der Waals surface area contributed by atoms with Crippen LogP contribution in [0, 0.1) is 19.7 Å². The number of benzene rings is 1. The number of carbonyl (C=O) groups is 1. The molecule has 0 unspecified atom stereocenters. The van der Waals surface area contributed by atoms with Gasteiger partial charge in [-0.15, -0.1) is 6.58 Å². The van der Waals surface area contributed by atoms with Crippen molar-refractivity contribution in [3.05, 3.63) is 71.3 Å². The Morgan fingerprint density at radius 2 is 2.03 bits per heavy atom. The van der Waals surface area contributed by atoms with Gasteiger partial charge in [-0.1, -0.05) is 25.1 Å². The molecule has 0 aliphatic carbocycles. The number of halogens is 1. The van der Waals surface area contributed by atoms with Gasteiger partial charge in [-0.25, -0.2) is 9.37 Å². The minimum absolute atomic E-state index is 0.222. The first-order chi connectivity index (χ1) is 14.0. The summed E-state index contributed by atoms with van der Waals surface area (Å²) in [4.78, 5) is 17.1. The minimum atomic E-state index is -0.296. The van der Waals surface area contributed by atoms with E-state index in [1.807, 2.05) is 32.9 Å². The molecule has 0 atom stereocenters. The molecule has 152 valence electrons. The van der Waals surface area contributed by atoms with Gasteiger partial charge in [0.1, 0.15) is 23.6 Å². The minimum Gasteiger partial charge on any atom is -0.471 e. The third kappa shape index (κ3) is 4.31. The zero-order valence-electron chi connectivity index (χ0n) is 17.1. The maximum Gasteiger partial charge on any atom is 0.270 e. The normalized spacial score (nSPS) is 10.9. The maximum absolute atomic E-state index is 13.2. The van der Waals surface area contributed by atoms with Crippen LogP contribution in [0.2, 0.25) is 0 Å². The Kier molecular flexibility index (Phi) is 6.32. The Labute approximate surface area is 170 Å². The molecule has 29 heavy (non-hydrogen) atoms. The first-order valence-electron chi connectivity index (χ1n) is 9.73. The van der Waals surface area contributed by atoms with Crippen LogP contribution in [0.25, 0.3) is 10.9 Å². The zero-order chi connectivity index (χ0) is 21.0. The molecule has 0 aliphatic heterocycles. The lowest BCUT2D eigenvalue weighted by Crippen LogP contribution is -2.25. The molecule has 0 fully saturated rings. The highest BCUT2D eigenvalue weighted by atomic mass is 19.1. The molecule has 3 aromatic rings. The van der Waals surface area contributed by atoms with E-state index in [9.17, 15) is 9.18 Å². The summed E-state index contributed by atoms with van der Waals surface area (Å²) >= 11 is 0. The maximum atomic E-state index is 13.2. The van der Waals surface area contributed by atoms with E-state index >= 15 is 0 Å². The summed E-state index contributed by atoms with van der Waals surface area (Å²) in [6.07, 6.45) is 2.66. The van der Waals surface area contributed by atoms with Crippen LogP contribution in [0.1, 0.15) is 40.7 Å². The monoisotopic (exact) mass is 395 g/mol. The summed E-state index contributed by atoms with van der Waals surface area (Å²) in [5.74, 6) is -0.143. The molecule has 0 spiro atoms. The van der Waals surface area contributed by atoms with Crippen LogP contribution in [-0.4, -0.2) is 22.0 Å². The number of nitrogens with one attached hydrogen (secondary N) is 1. The van der Waals surface area contributed by atoms with Crippen LogP contribution < -0.4 is 10.1 Å². The van der Waals surface area contributed by atoms with Crippen LogP contribution in [0.3, 0.4) is 0 Å². The number of hydrogen-bond donors (Lipinski definition) is 1. The summed E-state index contributed by atoms with van der Waals surface area (Å²) in [5, 5.41) is 3.79. The zero-order valence-corrected chi connectivity index (χ0v) is 17.1. The quantitative estimate of drug-likeness (QED) is 0.563. The summed E-state index contributed by atoms with van der Waals surface area (Å²) < 4.78 is 21.3. The van der Waals surface area contributed by atoms with Gasteiger partial charge in [0.25, 0.3) is 5.91 Å². The second-order valence-electron chi connectivity index (χ2n) is 6.99. The number of pyridine rings is 1. The average Bonchev–Trinajstić information content (AvgIpc) is 2.96. The predicted molar refractivity (Wildman–Crippen MR) is 113 cm³/mol. The van der Waals surface area contributed by atoms with Crippen molar-refractivity contribution in [3.8, 4) is 5.88 Å². The molecule has 0 radical (unpaired) electrons. The fourth-order valence-corrected chi connectivity index (χ4v) is 3.26. The van der Waals surface area contributed by atoms with Crippen molar-refractivity contribution in [2.45, 2.75) is 40.3 Å². The second-order valence-corrected chi connectivity index (χ2v) is 6.99. The van der Waals surface area contributed by atoms with Gasteiger partial charge < -0.3 is 14.6 Å². The highest BCUT2D eigenvalue weighted by Crippen LogP contribution is 2.32. The number of allylic oxidation sites excluding steroid dienone is 1. The molecule has 0 aliphatic rings. The van der Waals surface area contributed by atoms with Gasteiger partial charge >= 0.3 is 0 Å². The van der Waals surface area contributed by atoms with Crippen molar-refractivity contribution >= 4 is 16.8 Å². The smallest absolute Gasteiger partial charge is 0.270 e. The third-order valence-electron chi connectivity index (χ3n) is 4.95. The molecule has 1 N–H and O–H groups in total. The molecule has 1 amide bonds. The summed E-state index contributed by atoms with van der Waals surface area (Å²) in [5.41, 5.74) is 4.10. The van der Waals surface area contributed by atoms with Crippen LogP contribution in [0.4, 0.5) is 4.39 Å². The lowest BCUT2D eigenvalue weighted by Gasteiger charge is -2.12. The summed E-state index contributed by atoms with van der Waals surface area (Å²) in [6, 6.07) is 7.94. The van der Waals surface area contributed by atoms with Crippen molar-refractivity contribution in [1.82, 2.24) is 14.9 Å². The van der Waals surface area contributed by atoms with E-state index in [-0.39, 0.29) is 18.3 Å². The van der Waals surface area contributed by atoms with E-state index in [4.69, 9.17) is 4.74 Å². The predicted octanol–water partition coefficient (Wildman–Crippen LogP) is 4.70. The van der Waals surface area contributed by atoms with Crippen molar-refractivity contribution in [2.24, 2.45) is 0 Å². The molecule has 2 heterocycles. The van der Waals surface area contributed by atoms with Crippen LogP contribution in [-0.2, 0) is 13.2 Å². The van der Waals surface area contributed by atoms with Gasteiger partial charge in [-0.05, 0) is 49.6 Å². The summed E-state index contributed by atoms with van der Waals surface area (Å²) in [6.45, 7) is 11.3. The molecular weight excluding hydrogens is 369 g/mol. The lowest BCUT2D eigenvalue weighted by molar-refractivity contribution is 0.0947. The Balaban J connectivity index is 2.07. The molecule has 1 aromatic carbocycles. The third-order valence-corrected chi connectivity index (χ3v) is 4.95. The Morgan fingerprint density at radius 1 is 1.31 bits per heavy atom. The highest BCUT2D eigenvalue weighted by Gasteiger charge is 2.20. The highest BCUT2D eigenvalue weighted by molar-refractivity contribution is 5.99. The summed E-state index contributed by atoms with van der Waals surface area (Å²) in [7, 11) is 0. The molecule has 6 heteroatoms. The standard InChI is InChI=1S/C23H26FN3O2/c1-5-11-25-22(28)20-13-19-15(3)16(4)27(12-6-2)21(19)23(26-20)29-14-17-7-9-18(24)10-8-17/h6-10,13H,2,5,11-12,14H2,1,3-4H3,(H,25,28). The number of fused-ring (bicyclic) bond motifs is 1. The number of ether oxygens (including phenoxy) is 1. The molecule has 0 saturated heterocycles. The Morgan fingerprint density at radius 3 is 2.69 bits per heavy atom. The number of amides is 1. The van der Waals surface area contributed by atoms with Gasteiger partial charge in [0.05, 0.1) is 0 Å². The van der Waals surface area contributed by atoms with Crippen molar-refractivity contribution in [3.63, 3.8) is 0 Å². The van der Waals surface area contributed by atoms with E-state index in [0.29, 0.717) is 24.7 Å². The van der Waals surface area contributed by atoms with Gasteiger partial charge in [0.15, 0.2) is 0 Å². The van der Waals surface area contributed by atoms with Crippen molar-refractivity contribution < 1.29 is 13.9 Å². The van der Waals surface area contributed by atoms with Crippen LogP contribution >= 0.6 is 0 Å². The number of aryl methyl sites for hydroxylation is 1. The van der Waals surface area contributed by atoms with Gasteiger partial charge in [-0.2, -0.15) is 0 Å². The topological polar surface area (TPSA) is 56.2 Å². The lowest BCUT2D eigenvalue weighted by atomic mass is 10.1. The van der Waals surface area contributed by atoms with E-state index in [1.54, 1.807) is 12.1 Å². The fraction of sp³-hybridized carbons (Fsp3) is 0.304. The fourth-order valence-electron chi connectivity index (χ4n) is 3.26. The van der Waals surface area contributed by atoms with E-state index in [0.717, 1.165) is 34.1 Å². The van der Waals surface area contributed by atoms with Gasteiger partial charge in [0, 0.05) is 24.2 Å². The number of aromatic nitrogens is 2. The Bertz CT molecular complexity index is 1040. The molecule has 0 saturated carbocycles. The molecular formula is C23H26FN3O2.